The summed E-state index contributed by atoms with van der Waals surface area (Å²) in [7, 11) is 1.65. The fourth-order valence-corrected chi connectivity index (χ4v) is 3.61. The monoisotopic (exact) mass is 461 g/mol. The van der Waals surface area contributed by atoms with Crippen LogP contribution in [0.2, 0.25) is 0 Å². The number of nitrogens with zero attached hydrogens (tertiary/aromatic N) is 4. The van der Waals surface area contributed by atoms with Crippen molar-refractivity contribution >= 4 is 39.4 Å². The molecule has 0 saturated heterocycles. The molecule has 0 bridgehead atoms. The Morgan fingerprint density at radius 1 is 1.21 bits per heavy atom. The highest BCUT2D eigenvalue weighted by Crippen LogP contribution is 2.20. The van der Waals surface area contributed by atoms with Gasteiger partial charge in [0.2, 0.25) is 5.91 Å². The molecule has 0 radical (unpaired) electrons. The molecule has 1 amide bonds. The molecular weight excluding hydrogens is 442 g/mol. The third kappa shape index (κ3) is 5.32. The molecule has 0 unspecified atom stereocenters. The van der Waals surface area contributed by atoms with E-state index in [0.717, 1.165) is 33.3 Å². The lowest BCUT2D eigenvalue weighted by Crippen LogP contribution is -2.15. The van der Waals surface area contributed by atoms with Crippen LogP contribution in [-0.2, 0) is 17.8 Å². The maximum Gasteiger partial charge on any atom is 0.236 e. The molecule has 7 nitrogen and oxygen atoms in total. The van der Waals surface area contributed by atoms with E-state index >= 15 is 0 Å². The number of pyridine rings is 1. The van der Waals surface area contributed by atoms with E-state index in [2.05, 4.69) is 36.4 Å². The molecule has 3 rings (SSSR count). The lowest BCUT2D eigenvalue weighted by Gasteiger charge is -2.08. The number of thioether (sulfide) groups is 1. The van der Waals surface area contributed by atoms with E-state index in [9.17, 15) is 4.79 Å². The normalized spacial score (nSPS) is 10.7. The Balaban J connectivity index is 1.61. The van der Waals surface area contributed by atoms with Crippen molar-refractivity contribution in [1.29, 1.82) is 0 Å². The number of methoxy groups -OCH3 is 1. The minimum atomic E-state index is -0.137. The zero-order chi connectivity index (χ0) is 19.9. The molecule has 9 heteroatoms. The minimum Gasteiger partial charge on any atom is -0.497 e. The summed E-state index contributed by atoms with van der Waals surface area (Å²) in [6, 6.07) is 11.5. The number of aromatic nitrogens is 4. The van der Waals surface area contributed by atoms with Crippen LogP contribution in [-0.4, -0.2) is 38.5 Å². The predicted molar refractivity (Wildman–Crippen MR) is 113 cm³/mol. The van der Waals surface area contributed by atoms with Gasteiger partial charge >= 0.3 is 0 Å². The van der Waals surface area contributed by atoms with Crippen molar-refractivity contribution in [3.05, 3.63) is 58.5 Å². The second-order valence-electron chi connectivity index (χ2n) is 5.87. The first-order valence-corrected chi connectivity index (χ1v) is 10.5. The fraction of sp³-hybridized carbons (Fsp3) is 0.263. The van der Waals surface area contributed by atoms with Crippen LogP contribution < -0.4 is 10.1 Å². The number of hydrogen-bond acceptors (Lipinski definition) is 6. The Morgan fingerprint density at radius 3 is 2.64 bits per heavy atom. The summed E-state index contributed by atoms with van der Waals surface area (Å²) < 4.78 is 8.08. The Labute approximate surface area is 176 Å². The highest BCUT2D eigenvalue weighted by Gasteiger charge is 2.14. The summed E-state index contributed by atoms with van der Waals surface area (Å²) in [6.45, 7) is 2.77. The molecule has 0 aliphatic carbocycles. The second-order valence-corrected chi connectivity index (χ2v) is 7.72. The first-order valence-electron chi connectivity index (χ1n) is 8.68. The van der Waals surface area contributed by atoms with Crippen molar-refractivity contribution in [2.24, 2.45) is 0 Å². The zero-order valence-corrected chi connectivity index (χ0v) is 18.0. The quantitative estimate of drug-likeness (QED) is 0.513. The number of rotatable bonds is 8. The van der Waals surface area contributed by atoms with Crippen LogP contribution in [0.15, 0.2) is 52.2 Å². The molecule has 1 N–H and O–H groups in total. The van der Waals surface area contributed by atoms with Crippen LogP contribution in [0.4, 0.5) is 5.82 Å². The largest absolute Gasteiger partial charge is 0.497 e. The molecule has 28 heavy (non-hydrogen) atoms. The van der Waals surface area contributed by atoms with Crippen molar-refractivity contribution in [2.75, 3.05) is 18.2 Å². The van der Waals surface area contributed by atoms with Crippen LogP contribution >= 0.6 is 27.7 Å². The molecule has 0 saturated carbocycles. The molecule has 2 aromatic heterocycles. The van der Waals surface area contributed by atoms with Crippen molar-refractivity contribution < 1.29 is 9.53 Å². The topological polar surface area (TPSA) is 81.9 Å². The first kappa shape index (κ1) is 20.3. The summed E-state index contributed by atoms with van der Waals surface area (Å²) in [5.41, 5.74) is 1.12. The van der Waals surface area contributed by atoms with Crippen LogP contribution in [0.1, 0.15) is 18.3 Å². The Hall–Kier alpha value is -2.39. The molecule has 1 aromatic carbocycles. The fourth-order valence-electron chi connectivity index (χ4n) is 2.56. The van der Waals surface area contributed by atoms with E-state index < -0.39 is 0 Å². The van der Waals surface area contributed by atoms with Gasteiger partial charge in [-0.2, -0.15) is 0 Å². The zero-order valence-electron chi connectivity index (χ0n) is 15.6. The second kappa shape index (κ2) is 9.70. The van der Waals surface area contributed by atoms with Gasteiger partial charge in [-0.25, -0.2) is 4.98 Å². The van der Waals surface area contributed by atoms with Gasteiger partial charge in [0.15, 0.2) is 5.16 Å². The van der Waals surface area contributed by atoms with Gasteiger partial charge in [0.05, 0.1) is 12.9 Å². The van der Waals surface area contributed by atoms with Gasteiger partial charge in [-0.1, -0.05) is 23.9 Å². The number of carbonyl (C=O) groups is 1. The van der Waals surface area contributed by atoms with Crippen LogP contribution in [0.3, 0.4) is 0 Å². The summed E-state index contributed by atoms with van der Waals surface area (Å²) in [6.07, 6.45) is 2.31. The smallest absolute Gasteiger partial charge is 0.236 e. The average molecular weight is 462 g/mol. The maximum absolute atomic E-state index is 12.2. The van der Waals surface area contributed by atoms with Gasteiger partial charge < -0.3 is 14.6 Å². The SMILES string of the molecule is CCn1c(Cc2ccc(OC)cc2)nnc1SCC(=O)Nc1ccc(Br)cn1. The van der Waals surface area contributed by atoms with Crippen LogP contribution in [0.5, 0.6) is 5.75 Å². The van der Waals surface area contributed by atoms with Gasteiger partial charge in [0.25, 0.3) is 0 Å². The van der Waals surface area contributed by atoms with Gasteiger partial charge in [-0.05, 0) is 52.7 Å². The lowest BCUT2D eigenvalue weighted by molar-refractivity contribution is -0.113. The number of anilines is 1. The standard InChI is InChI=1S/C19H20BrN5O2S/c1-3-25-17(10-13-4-7-15(27-2)8-5-13)23-24-19(25)28-12-18(26)22-16-9-6-14(20)11-21-16/h4-9,11H,3,10,12H2,1-2H3,(H,21,22,26). The van der Waals surface area contributed by atoms with E-state index in [-0.39, 0.29) is 11.7 Å². The van der Waals surface area contributed by atoms with E-state index in [0.29, 0.717) is 12.2 Å². The number of benzene rings is 1. The van der Waals surface area contributed by atoms with Gasteiger partial charge in [0.1, 0.15) is 17.4 Å². The lowest BCUT2D eigenvalue weighted by atomic mass is 10.1. The van der Waals surface area contributed by atoms with E-state index in [1.54, 1.807) is 19.4 Å². The van der Waals surface area contributed by atoms with E-state index in [1.165, 1.54) is 11.8 Å². The number of nitrogens with one attached hydrogen (secondary N) is 1. The van der Waals surface area contributed by atoms with Gasteiger partial charge in [0, 0.05) is 23.6 Å². The molecule has 0 aliphatic rings. The van der Waals surface area contributed by atoms with Crippen LogP contribution in [0, 0.1) is 0 Å². The molecular formula is C19H20BrN5O2S. The predicted octanol–water partition coefficient (Wildman–Crippen LogP) is 3.79. The van der Waals surface area contributed by atoms with Crippen LogP contribution in [0.25, 0.3) is 0 Å². The molecule has 0 fully saturated rings. The summed E-state index contributed by atoms with van der Waals surface area (Å²) in [5, 5.41) is 12.1. The van der Waals surface area contributed by atoms with E-state index in [1.807, 2.05) is 41.8 Å². The molecule has 0 atom stereocenters. The number of amides is 1. The van der Waals surface area contributed by atoms with Crippen molar-refractivity contribution in [1.82, 2.24) is 19.7 Å². The van der Waals surface area contributed by atoms with Gasteiger partial charge in [-0.15, -0.1) is 10.2 Å². The molecule has 0 spiro atoms. The van der Waals surface area contributed by atoms with Crippen molar-refractivity contribution in [3.8, 4) is 5.75 Å². The number of hydrogen-bond donors (Lipinski definition) is 1. The van der Waals surface area contributed by atoms with E-state index in [4.69, 9.17) is 4.74 Å². The Morgan fingerprint density at radius 2 is 2.00 bits per heavy atom. The average Bonchev–Trinajstić information content (AvgIpc) is 3.10. The highest BCUT2D eigenvalue weighted by atomic mass is 79.9. The Kier molecular flexibility index (Phi) is 7.05. The molecule has 3 aromatic rings. The van der Waals surface area contributed by atoms with Gasteiger partial charge in [-0.3, -0.25) is 4.79 Å². The maximum atomic E-state index is 12.2. The third-order valence-electron chi connectivity index (χ3n) is 3.96. The first-order chi connectivity index (χ1) is 13.6. The summed E-state index contributed by atoms with van der Waals surface area (Å²) in [5.74, 6) is 2.31. The molecule has 2 heterocycles. The number of halogens is 1. The summed E-state index contributed by atoms with van der Waals surface area (Å²) in [4.78, 5) is 16.3. The number of carbonyl (C=O) groups excluding carboxylic acids is 1. The summed E-state index contributed by atoms with van der Waals surface area (Å²) >= 11 is 4.68. The number of ether oxygens (including phenoxy) is 1. The highest BCUT2D eigenvalue weighted by molar-refractivity contribution is 9.10. The Bertz CT molecular complexity index is 929. The van der Waals surface area contributed by atoms with Crippen molar-refractivity contribution in [2.45, 2.75) is 25.0 Å². The third-order valence-corrected chi connectivity index (χ3v) is 5.39. The molecule has 146 valence electrons. The minimum absolute atomic E-state index is 0.137. The van der Waals surface area contributed by atoms with Crippen molar-refractivity contribution in [3.63, 3.8) is 0 Å². The molecule has 0 aliphatic heterocycles.